The van der Waals surface area contributed by atoms with Gasteiger partial charge in [0.25, 0.3) is 0 Å². The molecule has 0 bridgehead atoms. The Morgan fingerprint density at radius 2 is 2.00 bits per heavy atom. The number of aryl methyl sites for hydroxylation is 2. The molecule has 2 heteroatoms. The lowest BCUT2D eigenvalue weighted by Crippen LogP contribution is -2.04. The number of nitrogens with zero attached hydrogens (tertiary/aromatic N) is 2. The van der Waals surface area contributed by atoms with Gasteiger partial charge in [-0.3, -0.25) is 9.98 Å². The molecule has 0 saturated carbocycles. The molecule has 0 aliphatic heterocycles. The second-order valence-corrected chi connectivity index (χ2v) is 3.94. The molecule has 0 radical (unpaired) electrons. The minimum atomic E-state index is 0.842. The van der Waals surface area contributed by atoms with Crippen LogP contribution in [0.2, 0.25) is 0 Å². The van der Waals surface area contributed by atoms with Crippen molar-refractivity contribution < 1.29 is 0 Å². The molecular formula is C16H26N2. The van der Waals surface area contributed by atoms with Crippen molar-refractivity contribution in [2.24, 2.45) is 4.99 Å². The number of aliphatic imine (C=N–C) groups is 1. The summed E-state index contributed by atoms with van der Waals surface area (Å²) in [4.78, 5) is 8.93. The van der Waals surface area contributed by atoms with Crippen molar-refractivity contribution in [1.29, 1.82) is 0 Å². The van der Waals surface area contributed by atoms with Gasteiger partial charge < -0.3 is 0 Å². The van der Waals surface area contributed by atoms with Gasteiger partial charge in [0.2, 0.25) is 0 Å². The Morgan fingerprint density at radius 3 is 2.56 bits per heavy atom. The number of pyridine rings is 1. The molecule has 0 atom stereocenters. The van der Waals surface area contributed by atoms with Gasteiger partial charge in [0.1, 0.15) is 0 Å². The summed E-state index contributed by atoms with van der Waals surface area (Å²) >= 11 is 0. The highest BCUT2D eigenvalue weighted by atomic mass is 14.7. The molecule has 1 aromatic rings. The van der Waals surface area contributed by atoms with Gasteiger partial charge in [-0.25, -0.2) is 0 Å². The quantitative estimate of drug-likeness (QED) is 0.717. The minimum absolute atomic E-state index is 0.842. The molecule has 0 aliphatic rings. The zero-order chi connectivity index (χ0) is 14.0. The van der Waals surface area contributed by atoms with E-state index in [0.717, 1.165) is 29.9 Å². The number of aromatic nitrogens is 1. The number of hydrogen-bond acceptors (Lipinski definition) is 2. The summed E-state index contributed by atoms with van der Waals surface area (Å²) in [7, 11) is 0. The maximum Gasteiger partial charge on any atom is 0.0494 e. The Bertz CT molecular complexity index is 404. The maximum atomic E-state index is 4.59. The second-order valence-electron chi connectivity index (χ2n) is 3.94. The summed E-state index contributed by atoms with van der Waals surface area (Å²) in [6.45, 7) is 12.2. The Balaban J connectivity index is 0.00000137. The van der Waals surface area contributed by atoms with Crippen LogP contribution >= 0.6 is 0 Å². The molecule has 2 nitrogen and oxygen atoms in total. The molecule has 100 valence electrons. The monoisotopic (exact) mass is 246 g/mol. The molecule has 18 heavy (non-hydrogen) atoms. The van der Waals surface area contributed by atoms with E-state index in [1.54, 1.807) is 0 Å². The van der Waals surface area contributed by atoms with Gasteiger partial charge >= 0.3 is 0 Å². The molecule has 0 fully saturated rings. The lowest BCUT2D eigenvalue weighted by atomic mass is 10.1. The van der Waals surface area contributed by atoms with Gasteiger partial charge in [-0.15, -0.1) is 0 Å². The first kappa shape index (κ1) is 16.6. The number of rotatable bonds is 4. The summed E-state index contributed by atoms with van der Waals surface area (Å²) in [5.41, 5.74) is 4.66. The van der Waals surface area contributed by atoms with E-state index in [2.05, 4.69) is 29.0 Å². The highest BCUT2D eigenvalue weighted by Gasteiger charge is 2.04. The zero-order valence-corrected chi connectivity index (χ0v) is 12.6. The van der Waals surface area contributed by atoms with E-state index in [0.29, 0.717) is 0 Å². The lowest BCUT2D eigenvalue weighted by Gasteiger charge is -2.07. The molecule has 0 aromatic carbocycles. The number of allylic oxidation sites excluding steroid dienone is 1. The van der Waals surface area contributed by atoms with Crippen LogP contribution in [0.4, 0.5) is 0 Å². The Kier molecular flexibility index (Phi) is 8.81. The first-order valence-electron chi connectivity index (χ1n) is 6.77. The van der Waals surface area contributed by atoms with Crippen LogP contribution in [0.15, 0.2) is 29.4 Å². The predicted octanol–water partition coefficient (Wildman–Crippen LogP) is 4.52. The molecular weight excluding hydrogens is 220 g/mol. The fourth-order valence-electron chi connectivity index (χ4n) is 1.60. The van der Waals surface area contributed by atoms with Crippen molar-refractivity contribution >= 4 is 5.71 Å². The zero-order valence-electron chi connectivity index (χ0n) is 12.6. The predicted molar refractivity (Wildman–Crippen MR) is 81.3 cm³/mol. The van der Waals surface area contributed by atoms with Crippen molar-refractivity contribution in [3.05, 3.63) is 41.4 Å². The van der Waals surface area contributed by atoms with Crippen molar-refractivity contribution in [2.45, 2.75) is 54.4 Å². The normalized spacial score (nSPS) is 11.3. The van der Waals surface area contributed by atoms with Crippen LogP contribution in [0, 0.1) is 6.92 Å². The molecule has 0 saturated heterocycles. The molecule has 1 rings (SSSR count). The third kappa shape index (κ3) is 5.76. The van der Waals surface area contributed by atoms with Crippen molar-refractivity contribution in [3.63, 3.8) is 0 Å². The maximum absolute atomic E-state index is 4.59. The average Bonchev–Trinajstić information content (AvgIpc) is 2.39. The first-order valence-corrected chi connectivity index (χ1v) is 6.77. The van der Waals surface area contributed by atoms with Crippen LogP contribution in [0.25, 0.3) is 0 Å². The van der Waals surface area contributed by atoms with Crippen molar-refractivity contribution in [1.82, 2.24) is 4.98 Å². The second kappa shape index (κ2) is 9.58. The molecule has 0 unspecified atom stereocenters. The van der Waals surface area contributed by atoms with Crippen LogP contribution in [0.3, 0.4) is 0 Å². The third-order valence-electron chi connectivity index (χ3n) is 2.46. The van der Waals surface area contributed by atoms with Crippen LogP contribution in [-0.2, 0) is 12.8 Å². The average molecular weight is 246 g/mol. The van der Waals surface area contributed by atoms with Gasteiger partial charge in [-0.2, -0.15) is 0 Å². The van der Waals surface area contributed by atoms with Crippen LogP contribution in [-0.4, -0.2) is 10.7 Å². The summed E-state index contributed by atoms with van der Waals surface area (Å²) in [5.74, 6) is 0. The van der Waals surface area contributed by atoms with Gasteiger partial charge in [-0.05, 0) is 38.8 Å². The molecule has 0 N–H and O–H groups in total. The fourth-order valence-corrected chi connectivity index (χ4v) is 1.60. The van der Waals surface area contributed by atoms with E-state index >= 15 is 0 Å². The number of hydrogen-bond donors (Lipinski definition) is 0. The van der Waals surface area contributed by atoms with E-state index in [-0.39, 0.29) is 0 Å². The molecule has 1 heterocycles. The molecule has 0 spiro atoms. The van der Waals surface area contributed by atoms with Gasteiger partial charge in [0.05, 0.1) is 0 Å². The first-order chi connectivity index (χ1) is 8.67. The summed E-state index contributed by atoms with van der Waals surface area (Å²) in [6, 6.07) is 4.24. The molecule has 0 amide bonds. The minimum Gasteiger partial charge on any atom is -0.266 e. The topological polar surface area (TPSA) is 25.2 Å². The highest BCUT2D eigenvalue weighted by molar-refractivity contribution is 5.84. The Morgan fingerprint density at radius 1 is 1.33 bits per heavy atom. The van der Waals surface area contributed by atoms with E-state index < -0.39 is 0 Å². The highest BCUT2D eigenvalue weighted by Crippen LogP contribution is 2.10. The summed E-state index contributed by atoms with van der Waals surface area (Å²) in [6.07, 6.45) is 5.64. The molecule has 0 aliphatic carbocycles. The van der Waals surface area contributed by atoms with Crippen molar-refractivity contribution in [3.8, 4) is 0 Å². The fraction of sp³-hybridized carbons (Fsp3) is 0.500. The van der Waals surface area contributed by atoms with Crippen LogP contribution in [0.5, 0.6) is 0 Å². The summed E-state index contributed by atoms with van der Waals surface area (Å²) in [5, 5.41) is 0. The largest absolute Gasteiger partial charge is 0.266 e. The van der Waals surface area contributed by atoms with E-state index in [1.807, 2.05) is 46.9 Å². The smallest absolute Gasteiger partial charge is 0.0494 e. The van der Waals surface area contributed by atoms with E-state index in [4.69, 9.17) is 0 Å². The van der Waals surface area contributed by atoms with Crippen LogP contribution in [0.1, 0.15) is 51.6 Å². The van der Waals surface area contributed by atoms with Gasteiger partial charge in [0, 0.05) is 29.7 Å². The van der Waals surface area contributed by atoms with Crippen LogP contribution < -0.4 is 0 Å². The Hall–Kier alpha value is -1.44. The lowest BCUT2D eigenvalue weighted by molar-refractivity contribution is 0.992. The van der Waals surface area contributed by atoms with Gasteiger partial charge in [0.15, 0.2) is 0 Å². The standard InChI is InChI=1S/C14H20N2.C2H6/c1-5-9-15-12(4)10-14-13(6-2)8-7-11(3)16-14;1-2/h5,7-9H,6,10H2,1-4H3;1-2H3/b9-5-,15-12?;. The molecule has 1 aromatic heterocycles. The van der Waals surface area contributed by atoms with Gasteiger partial charge in [-0.1, -0.05) is 32.9 Å². The SMILES string of the molecule is C/C=C\N=C(C)Cc1nc(C)ccc1CC.CC. The van der Waals surface area contributed by atoms with E-state index in [9.17, 15) is 0 Å². The van der Waals surface area contributed by atoms with E-state index in [1.165, 1.54) is 5.56 Å². The summed E-state index contributed by atoms with van der Waals surface area (Å²) < 4.78 is 0. The Labute approximate surface area is 112 Å². The van der Waals surface area contributed by atoms with Crippen molar-refractivity contribution in [2.75, 3.05) is 0 Å². The third-order valence-corrected chi connectivity index (χ3v) is 2.46.